The summed E-state index contributed by atoms with van der Waals surface area (Å²) >= 11 is 5.75. The van der Waals surface area contributed by atoms with Gasteiger partial charge in [0.15, 0.2) is 0 Å². The highest BCUT2D eigenvalue weighted by atomic mass is 35.5. The molecular weight excluding hydrogens is 272 g/mol. The Balaban J connectivity index is 2.83. The van der Waals surface area contributed by atoms with Gasteiger partial charge in [-0.2, -0.15) is 0 Å². The second-order valence-corrected chi connectivity index (χ2v) is 4.69. The molecular formula is C12H15ClN2O4. The van der Waals surface area contributed by atoms with Gasteiger partial charge in [0.25, 0.3) is 11.6 Å². The van der Waals surface area contributed by atoms with Crippen LogP contribution in [0.4, 0.5) is 5.69 Å². The molecule has 0 saturated heterocycles. The number of aliphatic hydroxyl groups excluding tert-OH is 1. The van der Waals surface area contributed by atoms with Crippen LogP contribution in [-0.4, -0.2) is 40.5 Å². The lowest BCUT2D eigenvalue weighted by Crippen LogP contribution is -2.29. The predicted octanol–water partition coefficient (Wildman–Crippen LogP) is 2.09. The zero-order valence-electron chi connectivity index (χ0n) is 10.7. The zero-order valence-corrected chi connectivity index (χ0v) is 11.4. The number of benzene rings is 1. The number of halogens is 1. The third kappa shape index (κ3) is 4.18. The first kappa shape index (κ1) is 15.4. The minimum absolute atomic E-state index is 0.0697. The average Bonchev–Trinajstić information content (AvgIpc) is 2.34. The summed E-state index contributed by atoms with van der Waals surface area (Å²) in [6.07, 6.45) is -0.0288. The molecule has 0 aliphatic heterocycles. The fourth-order valence-corrected chi connectivity index (χ4v) is 1.74. The molecule has 1 rings (SSSR count). The highest BCUT2D eigenvalue weighted by Crippen LogP contribution is 2.25. The molecule has 104 valence electrons. The van der Waals surface area contributed by atoms with Crippen molar-refractivity contribution in [2.24, 2.45) is 0 Å². The van der Waals surface area contributed by atoms with E-state index in [9.17, 15) is 14.9 Å². The number of carbonyl (C=O) groups is 1. The number of amides is 1. The van der Waals surface area contributed by atoms with Crippen LogP contribution in [0.5, 0.6) is 0 Å². The number of rotatable bonds is 5. The van der Waals surface area contributed by atoms with Crippen LogP contribution in [0.1, 0.15) is 23.7 Å². The average molecular weight is 287 g/mol. The van der Waals surface area contributed by atoms with Gasteiger partial charge in [-0.3, -0.25) is 14.9 Å². The molecule has 1 N–H and O–H groups in total. The Kier molecular flexibility index (Phi) is 5.26. The molecule has 1 atom stereocenters. The fraction of sp³-hybridized carbons (Fsp3) is 0.417. The number of nitrogens with zero attached hydrogens (tertiary/aromatic N) is 2. The summed E-state index contributed by atoms with van der Waals surface area (Å²) in [5, 5.41) is 19.7. The van der Waals surface area contributed by atoms with Gasteiger partial charge in [-0.15, -0.1) is 0 Å². The van der Waals surface area contributed by atoms with Crippen LogP contribution in [0.2, 0.25) is 5.02 Å². The van der Waals surface area contributed by atoms with Crippen LogP contribution in [0, 0.1) is 10.1 Å². The van der Waals surface area contributed by atoms with Gasteiger partial charge in [0, 0.05) is 25.2 Å². The molecule has 0 aliphatic carbocycles. The van der Waals surface area contributed by atoms with Gasteiger partial charge in [-0.05, 0) is 25.5 Å². The summed E-state index contributed by atoms with van der Waals surface area (Å²) in [6.45, 7) is 2.03. The van der Waals surface area contributed by atoms with Crippen LogP contribution in [-0.2, 0) is 0 Å². The Morgan fingerprint density at radius 2 is 2.21 bits per heavy atom. The van der Waals surface area contributed by atoms with Crippen molar-refractivity contribution in [3.8, 4) is 0 Å². The van der Waals surface area contributed by atoms with Crippen molar-refractivity contribution < 1.29 is 14.8 Å². The highest BCUT2D eigenvalue weighted by Gasteiger charge is 2.17. The van der Waals surface area contributed by atoms with Gasteiger partial charge >= 0.3 is 0 Å². The fourth-order valence-electron chi connectivity index (χ4n) is 1.49. The molecule has 0 bridgehead atoms. The van der Waals surface area contributed by atoms with Crippen LogP contribution in [0.15, 0.2) is 18.2 Å². The molecule has 0 aromatic heterocycles. The van der Waals surface area contributed by atoms with Gasteiger partial charge < -0.3 is 10.0 Å². The van der Waals surface area contributed by atoms with Crippen LogP contribution in [0.3, 0.4) is 0 Å². The molecule has 1 unspecified atom stereocenters. The van der Waals surface area contributed by atoms with Crippen molar-refractivity contribution in [3.63, 3.8) is 0 Å². The van der Waals surface area contributed by atoms with Crippen molar-refractivity contribution in [2.45, 2.75) is 19.4 Å². The van der Waals surface area contributed by atoms with Crippen LogP contribution in [0.25, 0.3) is 0 Å². The van der Waals surface area contributed by atoms with Crippen molar-refractivity contribution in [1.82, 2.24) is 4.90 Å². The Labute approximate surface area is 115 Å². The van der Waals surface area contributed by atoms with Gasteiger partial charge in [-0.25, -0.2) is 0 Å². The molecule has 1 amide bonds. The van der Waals surface area contributed by atoms with E-state index in [0.29, 0.717) is 13.0 Å². The van der Waals surface area contributed by atoms with E-state index < -0.39 is 11.0 Å². The monoisotopic (exact) mass is 286 g/mol. The van der Waals surface area contributed by atoms with Gasteiger partial charge in [0.1, 0.15) is 5.02 Å². The van der Waals surface area contributed by atoms with E-state index in [1.807, 2.05) is 0 Å². The molecule has 0 aliphatic rings. The van der Waals surface area contributed by atoms with E-state index >= 15 is 0 Å². The van der Waals surface area contributed by atoms with Crippen LogP contribution >= 0.6 is 11.6 Å². The first-order chi connectivity index (χ1) is 8.82. The molecule has 0 radical (unpaired) electrons. The lowest BCUT2D eigenvalue weighted by Gasteiger charge is -2.18. The number of carbonyl (C=O) groups excluding carboxylic acids is 1. The van der Waals surface area contributed by atoms with E-state index in [4.69, 9.17) is 16.7 Å². The van der Waals surface area contributed by atoms with Gasteiger partial charge in [0.2, 0.25) is 0 Å². The minimum atomic E-state index is -0.603. The third-order valence-corrected chi connectivity index (χ3v) is 2.92. The van der Waals surface area contributed by atoms with E-state index in [1.54, 1.807) is 14.0 Å². The molecule has 19 heavy (non-hydrogen) atoms. The van der Waals surface area contributed by atoms with Crippen LogP contribution < -0.4 is 0 Å². The molecule has 1 aromatic carbocycles. The van der Waals surface area contributed by atoms with Crippen molar-refractivity contribution in [3.05, 3.63) is 38.9 Å². The van der Waals surface area contributed by atoms with Crippen molar-refractivity contribution >= 4 is 23.2 Å². The number of hydrogen-bond acceptors (Lipinski definition) is 4. The standard InChI is InChI=1S/C12H15ClN2O4/c1-8(16)5-6-14(2)12(17)9-3-4-11(15(18)19)10(13)7-9/h3-4,7-8,16H,5-6H2,1-2H3. The molecule has 6 nitrogen and oxygen atoms in total. The summed E-state index contributed by atoms with van der Waals surface area (Å²) in [5.41, 5.74) is 0.0496. The Hall–Kier alpha value is -1.66. The number of hydrogen-bond donors (Lipinski definition) is 1. The normalized spacial score (nSPS) is 12.0. The summed E-state index contributed by atoms with van der Waals surface area (Å²) in [7, 11) is 1.60. The van der Waals surface area contributed by atoms with Crippen molar-refractivity contribution in [2.75, 3.05) is 13.6 Å². The maximum atomic E-state index is 12.0. The van der Waals surface area contributed by atoms with E-state index in [-0.39, 0.29) is 22.2 Å². The summed E-state index contributed by atoms with van der Waals surface area (Å²) in [4.78, 5) is 23.4. The lowest BCUT2D eigenvalue weighted by atomic mass is 10.1. The largest absolute Gasteiger partial charge is 0.393 e. The summed E-state index contributed by atoms with van der Waals surface area (Å²) in [5.74, 6) is -0.294. The molecule has 7 heteroatoms. The Bertz CT molecular complexity index is 491. The topological polar surface area (TPSA) is 83.7 Å². The second-order valence-electron chi connectivity index (χ2n) is 4.29. The quantitative estimate of drug-likeness (QED) is 0.663. The smallest absolute Gasteiger partial charge is 0.287 e. The van der Waals surface area contributed by atoms with Crippen molar-refractivity contribution in [1.29, 1.82) is 0 Å². The second kappa shape index (κ2) is 6.49. The zero-order chi connectivity index (χ0) is 14.6. The van der Waals surface area contributed by atoms with E-state index in [2.05, 4.69) is 0 Å². The maximum absolute atomic E-state index is 12.0. The lowest BCUT2D eigenvalue weighted by molar-refractivity contribution is -0.384. The number of nitro benzene ring substituents is 1. The molecule has 0 heterocycles. The molecule has 0 saturated carbocycles. The highest BCUT2D eigenvalue weighted by molar-refractivity contribution is 6.33. The first-order valence-corrected chi connectivity index (χ1v) is 6.08. The first-order valence-electron chi connectivity index (χ1n) is 5.70. The number of aliphatic hydroxyl groups is 1. The van der Waals surface area contributed by atoms with E-state index in [1.165, 1.54) is 23.1 Å². The summed E-state index contributed by atoms with van der Waals surface area (Å²) < 4.78 is 0. The SMILES string of the molecule is CC(O)CCN(C)C(=O)c1ccc([N+](=O)[O-])c(Cl)c1. The Morgan fingerprint density at radius 1 is 1.58 bits per heavy atom. The number of nitro groups is 1. The Morgan fingerprint density at radius 3 is 2.68 bits per heavy atom. The van der Waals surface area contributed by atoms with Gasteiger partial charge in [0.05, 0.1) is 11.0 Å². The van der Waals surface area contributed by atoms with E-state index in [0.717, 1.165) is 0 Å². The van der Waals surface area contributed by atoms with Gasteiger partial charge in [-0.1, -0.05) is 11.6 Å². The summed E-state index contributed by atoms with van der Waals surface area (Å²) in [6, 6.07) is 3.85. The molecule has 0 fully saturated rings. The minimum Gasteiger partial charge on any atom is -0.393 e. The maximum Gasteiger partial charge on any atom is 0.287 e. The molecule has 1 aromatic rings. The predicted molar refractivity (Wildman–Crippen MR) is 71.4 cm³/mol. The molecule has 0 spiro atoms. The third-order valence-electron chi connectivity index (χ3n) is 2.62.